The van der Waals surface area contributed by atoms with Gasteiger partial charge in [-0.15, -0.1) is 0 Å². The number of carbonyl (C=O) groups is 2. The van der Waals surface area contributed by atoms with Gasteiger partial charge in [-0.25, -0.2) is 4.79 Å². The van der Waals surface area contributed by atoms with Crippen LogP contribution in [0.15, 0.2) is 22.7 Å². The molecule has 0 saturated heterocycles. The van der Waals surface area contributed by atoms with Crippen LogP contribution in [0, 0.1) is 0 Å². The summed E-state index contributed by atoms with van der Waals surface area (Å²) in [5.74, 6) is -0.406. The Kier molecular flexibility index (Phi) is 7.22. The van der Waals surface area contributed by atoms with Gasteiger partial charge < -0.3 is 14.7 Å². The highest BCUT2D eigenvalue weighted by molar-refractivity contribution is 9.10. The number of ether oxygens (including phenoxy) is 1. The molecule has 116 valence electrons. The minimum atomic E-state index is -0.996. The molecule has 0 unspecified atom stereocenters. The van der Waals surface area contributed by atoms with Crippen molar-refractivity contribution in [3.63, 3.8) is 0 Å². The minimum Gasteiger partial charge on any atom is -0.492 e. The lowest BCUT2D eigenvalue weighted by molar-refractivity contribution is -0.131. The molecule has 1 amide bonds. The molecule has 6 heteroatoms. The van der Waals surface area contributed by atoms with Crippen LogP contribution in [0.25, 0.3) is 0 Å². The molecule has 1 rings (SSSR count). The number of hydrogen-bond donors (Lipinski definition) is 1. The topological polar surface area (TPSA) is 66.8 Å². The first-order valence-electron chi connectivity index (χ1n) is 6.93. The van der Waals surface area contributed by atoms with Crippen LogP contribution < -0.4 is 4.74 Å². The van der Waals surface area contributed by atoms with E-state index in [9.17, 15) is 9.59 Å². The fraction of sp³-hybridized carbons (Fsp3) is 0.467. The van der Waals surface area contributed by atoms with E-state index in [2.05, 4.69) is 15.9 Å². The molecule has 5 nitrogen and oxygen atoms in total. The molecule has 1 aromatic carbocycles. The maximum atomic E-state index is 11.8. The van der Waals surface area contributed by atoms with Gasteiger partial charge in [0.05, 0.1) is 16.6 Å². The summed E-state index contributed by atoms with van der Waals surface area (Å²) < 4.78 is 6.24. The Labute approximate surface area is 133 Å². The molecule has 0 atom stereocenters. The van der Waals surface area contributed by atoms with Crippen molar-refractivity contribution in [2.75, 3.05) is 19.7 Å². The first-order valence-corrected chi connectivity index (χ1v) is 7.72. The third-order valence-electron chi connectivity index (χ3n) is 3.09. The largest absolute Gasteiger partial charge is 0.492 e. The second-order valence-corrected chi connectivity index (χ2v) is 5.32. The van der Waals surface area contributed by atoms with Crippen molar-refractivity contribution in [2.24, 2.45) is 0 Å². The van der Waals surface area contributed by atoms with Gasteiger partial charge in [0.2, 0.25) is 5.91 Å². The molecule has 1 N–H and O–H groups in total. The van der Waals surface area contributed by atoms with Crippen molar-refractivity contribution in [1.82, 2.24) is 4.90 Å². The lowest BCUT2D eigenvalue weighted by Crippen LogP contribution is -2.30. The highest BCUT2D eigenvalue weighted by Crippen LogP contribution is 2.26. The van der Waals surface area contributed by atoms with E-state index < -0.39 is 5.97 Å². The predicted octanol–water partition coefficient (Wildman–Crippen LogP) is 3.17. The summed E-state index contributed by atoms with van der Waals surface area (Å²) in [7, 11) is 0. The number of hydrogen-bond acceptors (Lipinski definition) is 3. The van der Waals surface area contributed by atoms with E-state index in [1.54, 1.807) is 11.0 Å². The summed E-state index contributed by atoms with van der Waals surface area (Å²) in [5.41, 5.74) is 0.174. The van der Waals surface area contributed by atoms with Crippen molar-refractivity contribution < 1.29 is 19.4 Å². The fourth-order valence-electron chi connectivity index (χ4n) is 1.89. The number of carboxylic acids is 1. The van der Waals surface area contributed by atoms with Crippen LogP contribution in [0.2, 0.25) is 0 Å². The molecule has 0 aliphatic heterocycles. The zero-order valence-corrected chi connectivity index (χ0v) is 13.9. The molecule has 21 heavy (non-hydrogen) atoms. The number of nitrogens with zero attached hydrogens (tertiary/aromatic N) is 1. The molecule has 0 saturated carbocycles. The summed E-state index contributed by atoms with van der Waals surface area (Å²) in [6.45, 7) is 5.69. The summed E-state index contributed by atoms with van der Waals surface area (Å²) in [6, 6.07) is 4.61. The van der Waals surface area contributed by atoms with Gasteiger partial charge in [0, 0.05) is 19.5 Å². The number of carbonyl (C=O) groups excluding carboxylic acids is 1. The molecule has 0 radical (unpaired) electrons. The van der Waals surface area contributed by atoms with Crippen molar-refractivity contribution in [2.45, 2.75) is 26.7 Å². The molecule has 0 aliphatic rings. The van der Waals surface area contributed by atoms with E-state index in [1.807, 2.05) is 13.8 Å². The van der Waals surface area contributed by atoms with E-state index in [4.69, 9.17) is 9.84 Å². The SMILES string of the molecule is CCN(CC)C(=O)CCCOc1cc(C(=O)O)ccc1Br. The lowest BCUT2D eigenvalue weighted by atomic mass is 10.2. The Morgan fingerprint density at radius 2 is 1.95 bits per heavy atom. The number of amides is 1. The lowest BCUT2D eigenvalue weighted by Gasteiger charge is -2.18. The highest BCUT2D eigenvalue weighted by atomic mass is 79.9. The molecule has 0 aromatic heterocycles. The second-order valence-electron chi connectivity index (χ2n) is 4.47. The van der Waals surface area contributed by atoms with Gasteiger partial charge in [0.15, 0.2) is 0 Å². The van der Waals surface area contributed by atoms with Gasteiger partial charge in [-0.1, -0.05) is 0 Å². The summed E-state index contributed by atoms with van der Waals surface area (Å²) in [4.78, 5) is 24.5. The Hall–Kier alpha value is -1.56. The van der Waals surface area contributed by atoms with E-state index in [-0.39, 0.29) is 11.5 Å². The second kappa shape index (κ2) is 8.67. The Morgan fingerprint density at radius 1 is 1.29 bits per heavy atom. The zero-order valence-electron chi connectivity index (χ0n) is 12.3. The average Bonchev–Trinajstić information content (AvgIpc) is 2.46. The van der Waals surface area contributed by atoms with Crippen LogP contribution in [-0.2, 0) is 4.79 Å². The number of aromatic carboxylic acids is 1. The van der Waals surface area contributed by atoms with Gasteiger partial charge in [-0.3, -0.25) is 4.79 Å². The maximum absolute atomic E-state index is 11.8. The summed E-state index contributed by atoms with van der Waals surface area (Å²) >= 11 is 3.31. The first kappa shape index (κ1) is 17.5. The summed E-state index contributed by atoms with van der Waals surface area (Å²) in [6.07, 6.45) is 1.02. The van der Waals surface area contributed by atoms with Crippen LogP contribution >= 0.6 is 15.9 Å². The predicted molar refractivity (Wildman–Crippen MR) is 83.8 cm³/mol. The Bertz CT molecular complexity index is 500. The van der Waals surface area contributed by atoms with Gasteiger partial charge in [-0.05, 0) is 54.4 Å². The van der Waals surface area contributed by atoms with Crippen molar-refractivity contribution >= 4 is 27.8 Å². The Balaban J connectivity index is 2.47. The summed E-state index contributed by atoms with van der Waals surface area (Å²) in [5, 5.41) is 8.94. The maximum Gasteiger partial charge on any atom is 0.335 e. The van der Waals surface area contributed by atoms with Crippen molar-refractivity contribution in [1.29, 1.82) is 0 Å². The molecule has 1 aromatic rings. The average molecular weight is 358 g/mol. The van der Waals surface area contributed by atoms with E-state index >= 15 is 0 Å². The van der Waals surface area contributed by atoms with Crippen molar-refractivity contribution in [3.05, 3.63) is 28.2 Å². The van der Waals surface area contributed by atoms with Gasteiger partial charge in [-0.2, -0.15) is 0 Å². The third kappa shape index (κ3) is 5.38. The van der Waals surface area contributed by atoms with Gasteiger partial charge in [0.25, 0.3) is 0 Å². The molecule has 0 spiro atoms. The fourth-order valence-corrected chi connectivity index (χ4v) is 2.25. The van der Waals surface area contributed by atoms with Crippen LogP contribution in [-0.4, -0.2) is 41.6 Å². The standard InChI is InChI=1S/C15H20BrNO4/c1-3-17(4-2)14(18)6-5-9-21-13-10-11(15(19)20)7-8-12(13)16/h7-8,10H,3-6,9H2,1-2H3,(H,19,20). The third-order valence-corrected chi connectivity index (χ3v) is 3.74. The normalized spacial score (nSPS) is 10.2. The van der Waals surface area contributed by atoms with Gasteiger partial charge >= 0.3 is 5.97 Å². The van der Waals surface area contributed by atoms with Crippen LogP contribution in [0.3, 0.4) is 0 Å². The van der Waals surface area contributed by atoms with Crippen LogP contribution in [0.4, 0.5) is 0 Å². The smallest absolute Gasteiger partial charge is 0.335 e. The number of benzene rings is 1. The van der Waals surface area contributed by atoms with Crippen LogP contribution in [0.5, 0.6) is 5.75 Å². The number of rotatable bonds is 8. The van der Waals surface area contributed by atoms with E-state index in [0.29, 0.717) is 42.8 Å². The zero-order chi connectivity index (χ0) is 15.8. The quantitative estimate of drug-likeness (QED) is 0.725. The molecule has 0 bridgehead atoms. The van der Waals surface area contributed by atoms with E-state index in [0.717, 1.165) is 0 Å². The number of carboxylic acid groups (broad SMARTS) is 1. The first-order chi connectivity index (χ1) is 9.99. The minimum absolute atomic E-state index is 0.113. The molecular weight excluding hydrogens is 338 g/mol. The van der Waals surface area contributed by atoms with Gasteiger partial charge in [0.1, 0.15) is 5.75 Å². The molecule has 0 fully saturated rings. The van der Waals surface area contributed by atoms with Crippen molar-refractivity contribution in [3.8, 4) is 5.75 Å². The monoisotopic (exact) mass is 357 g/mol. The number of halogens is 1. The highest BCUT2D eigenvalue weighted by Gasteiger charge is 2.10. The Morgan fingerprint density at radius 3 is 2.52 bits per heavy atom. The molecule has 0 aliphatic carbocycles. The molecule has 0 heterocycles. The van der Waals surface area contributed by atoms with Crippen LogP contribution in [0.1, 0.15) is 37.0 Å². The molecular formula is C15H20BrNO4. The van der Waals surface area contributed by atoms with E-state index in [1.165, 1.54) is 12.1 Å².